The van der Waals surface area contributed by atoms with Gasteiger partial charge in [0, 0.05) is 25.3 Å². The number of carbonyl (C=O) groups excluding carboxylic acids is 2. The Labute approximate surface area is 137 Å². The zero-order valence-electron chi connectivity index (χ0n) is 14.2. The number of nitrogens with zero attached hydrogens (tertiary/aromatic N) is 2. The van der Waals surface area contributed by atoms with E-state index in [2.05, 4.69) is 13.8 Å². The Morgan fingerprint density at radius 3 is 2.52 bits per heavy atom. The summed E-state index contributed by atoms with van der Waals surface area (Å²) in [5.74, 6) is -0.480. The minimum absolute atomic E-state index is 0.0825. The van der Waals surface area contributed by atoms with Gasteiger partial charge in [-0.2, -0.15) is 0 Å². The molecule has 1 atom stereocenters. The van der Waals surface area contributed by atoms with E-state index < -0.39 is 5.92 Å². The molecule has 1 fully saturated rings. The average Bonchev–Trinajstić information content (AvgIpc) is 2.93. The molecule has 1 N–H and O–H groups in total. The Morgan fingerprint density at radius 2 is 2.00 bits per heavy atom. The van der Waals surface area contributed by atoms with Gasteiger partial charge >= 0.3 is 0 Å². The number of benzene rings is 1. The summed E-state index contributed by atoms with van der Waals surface area (Å²) in [7, 11) is 0. The van der Waals surface area contributed by atoms with Crippen LogP contribution in [0, 0.1) is 5.92 Å². The lowest BCUT2D eigenvalue weighted by Gasteiger charge is -2.23. The monoisotopic (exact) mass is 318 g/mol. The van der Waals surface area contributed by atoms with Crippen LogP contribution in [0.1, 0.15) is 38.7 Å². The molecule has 5 heteroatoms. The Hall–Kier alpha value is -1.88. The average molecular weight is 318 g/mol. The Balaban J connectivity index is 2.10. The van der Waals surface area contributed by atoms with Gasteiger partial charge in [-0.1, -0.05) is 26.0 Å². The Morgan fingerprint density at radius 1 is 1.35 bits per heavy atom. The van der Waals surface area contributed by atoms with Crippen molar-refractivity contribution < 1.29 is 14.7 Å². The van der Waals surface area contributed by atoms with Crippen LogP contribution in [-0.4, -0.2) is 48.1 Å². The molecule has 0 saturated carbocycles. The van der Waals surface area contributed by atoms with E-state index >= 15 is 0 Å². The molecule has 1 heterocycles. The van der Waals surface area contributed by atoms with Gasteiger partial charge < -0.3 is 14.9 Å². The number of anilines is 1. The third-order valence-corrected chi connectivity index (χ3v) is 4.44. The minimum Gasteiger partial charge on any atom is -0.395 e. The molecule has 0 aliphatic carbocycles. The first-order chi connectivity index (χ1) is 11.0. The maximum atomic E-state index is 12.6. The summed E-state index contributed by atoms with van der Waals surface area (Å²) in [5, 5.41) is 9.04. The lowest BCUT2D eigenvalue weighted by molar-refractivity contribution is -0.140. The lowest BCUT2D eigenvalue weighted by Crippen LogP contribution is -2.41. The molecule has 126 valence electrons. The van der Waals surface area contributed by atoms with Gasteiger partial charge in [0.1, 0.15) is 5.92 Å². The molecule has 1 unspecified atom stereocenters. The van der Waals surface area contributed by atoms with Crippen LogP contribution in [0.2, 0.25) is 0 Å². The second kappa shape index (κ2) is 7.59. The normalized spacial score (nSPS) is 17.9. The number of rotatable bonds is 6. The number of hydrogen-bond acceptors (Lipinski definition) is 3. The van der Waals surface area contributed by atoms with Crippen LogP contribution < -0.4 is 4.90 Å². The predicted molar refractivity (Wildman–Crippen MR) is 90.3 cm³/mol. The minimum atomic E-state index is -0.619. The molecule has 2 rings (SSSR count). The molecular weight excluding hydrogens is 292 g/mol. The van der Waals surface area contributed by atoms with Crippen molar-refractivity contribution in [1.82, 2.24) is 4.90 Å². The predicted octanol–water partition coefficient (Wildman–Crippen LogP) is 2.00. The molecule has 0 bridgehead atoms. The molecule has 1 aliphatic heterocycles. The molecule has 23 heavy (non-hydrogen) atoms. The SMILES string of the molecule is CCN(CCO)C(=O)C1CCN(c2ccc(C(C)C)cc2)C1=O. The third kappa shape index (κ3) is 3.72. The summed E-state index contributed by atoms with van der Waals surface area (Å²) in [6.07, 6.45) is 0.533. The fourth-order valence-electron chi connectivity index (χ4n) is 2.97. The van der Waals surface area contributed by atoms with Crippen molar-refractivity contribution in [2.24, 2.45) is 5.92 Å². The summed E-state index contributed by atoms with van der Waals surface area (Å²) >= 11 is 0. The van der Waals surface area contributed by atoms with Crippen molar-refractivity contribution in [2.75, 3.05) is 31.1 Å². The highest BCUT2D eigenvalue weighted by Crippen LogP contribution is 2.28. The first kappa shape index (κ1) is 17.5. The van der Waals surface area contributed by atoms with Crippen LogP contribution in [0.25, 0.3) is 0 Å². The highest BCUT2D eigenvalue weighted by atomic mass is 16.3. The van der Waals surface area contributed by atoms with Gasteiger partial charge in [-0.15, -0.1) is 0 Å². The van der Waals surface area contributed by atoms with Gasteiger partial charge in [-0.25, -0.2) is 0 Å². The van der Waals surface area contributed by atoms with E-state index in [0.29, 0.717) is 25.4 Å². The topological polar surface area (TPSA) is 60.9 Å². The fourth-order valence-corrected chi connectivity index (χ4v) is 2.97. The van der Waals surface area contributed by atoms with Gasteiger partial charge in [0.15, 0.2) is 0 Å². The molecule has 0 radical (unpaired) electrons. The van der Waals surface area contributed by atoms with Crippen LogP contribution in [-0.2, 0) is 9.59 Å². The van der Waals surface area contributed by atoms with E-state index in [0.717, 1.165) is 5.69 Å². The fraction of sp³-hybridized carbons (Fsp3) is 0.556. The van der Waals surface area contributed by atoms with E-state index in [1.807, 2.05) is 31.2 Å². The van der Waals surface area contributed by atoms with Gasteiger partial charge in [-0.3, -0.25) is 9.59 Å². The van der Waals surface area contributed by atoms with Crippen LogP contribution in [0.15, 0.2) is 24.3 Å². The molecule has 1 aromatic carbocycles. The summed E-state index contributed by atoms with van der Waals surface area (Å²) < 4.78 is 0. The largest absolute Gasteiger partial charge is 0.395 e. The quantitative estimate of drug-likeness (QED) is 0.816. The van der Waals surface area contributed by atoms with E-state index in [9.17, 15) is 9.59 Å². The van der Waals surface area contributed by atoms with E-state index in [4.69, 9.17) is 5.11 Å². The molecule has 2 amide bonds. The van der Waals surface area contributed by atoms with E-state index in [1.54, 1.807) is 9.80 Å². The second-order valence-electron chi connectivity index (χ2n) is 6.22. The zero-order chi connectivity index (χ0) is 17.0. The number of aliphatic hydroxyl groups is 1. The molecule has 1 aliphatic rings. The number of aliphatic hydroxyl groups excluding tert-OH is 1. The Bertz CT molecular complexity index is 554. The van der Waals surface area contributed by atoms with Crippen LogP contribution in [0.4, 0.5) is 5.69 Å². The van der Waals surface area contributed by atoms with Crippen LogP contribution in [0.5, 0.6) is 0 Å². The van der Waals surface area contributed by atoms with Crippen molar-refractivity contribution in [3.63, 3.8) is 0 Å². The van der Waals surface area contributed by atoms with E-state index in [-0.39, 0.29) is 25.0 Å². The van der Waals surface area contributed by atoms with Gasteiger partial charge in [0.25, 0.3) is 0 Å². The standard InChI is InChI=1S/C18H26N2O3/c1-4-19(11-12-21)17(22)16-9-10-20(18(16)23)15-7-5-14(6-8-15)13(2)3/h5-8,13,16,21H,4,9-12H2,1-3H3. The maximum absolute atomic E-state index is 12.6. The summed E-state index contributed by atoms with van der Waals surface area (Å²) in [4.78, 5) is 28.3. The third-order valence-electron chi connectivity index (χ3n) is 4.44. The number of hydrogen-bond donors (Lipinski definition) is 1. The van der Waals surface area contributed by atoms with Gasteiger partial charge in [0.2, 0.25) is 11.8 Å². The van der Waals surface area contributed by atoms with Gasteiger partial charge in [-0.05, 0) is 37.0 Å². The molecule has 5 nitrogen and oxygen atoms in total. The smallest absolute Gasteiger partial charge is 0.239 e. The van der Waals surface area contributed by atoms with E-state index in [1.165, 1.54) is 5.56 Å². The first-order valence-corrected chi connectivity index (χ1v) is 8.30. The molecule has 0 spiro atoms. The number of likely N-dealkylation sites (N-methyl/N-ethyl adjacent to an activating group) is 1. The zero-order valence-corrected chi connectivity index (χ0v) is 14.2. The summed E-state index contributed by atoms with van der Waals surface area (Å²) in [5.41, 5.74) is 2.08. The van der Waals surface area contributed by atoms with Crippen molar-refractivity contribution in [3.8, 4) is 0 Å². The number of amides is 2. The highest BCUT2D eigenvalue weighted by molar-refractivity contribution is 6.09. The van der Waals surface area contributed by atoms with Gasteiger partial charge in [0.05, 0.1) is 6.61 Å². The highest BCUT2D eigenvalue weighted by Gasteiger charge is 2.39. The first-order valence-electron chi connectivity index (χ1n) is 8.30. The molecule has 1 aromatic rings. The van der Waals surface area contributed by atoms with Crippen LogP contribution in [0.3, 0.4) is 0 Å². The molecule has 1 saturated heterocycles. The molecule has 0 aromatic heterocycles. The summed E-state index contributed by atoms with van der Waals surface area (Å²) in [6.45, 7) is 7.38. The molecular formula is C18H26N2O3. The Kier molecular flexibility index (Phi) is 5.77. The van der Waals surface area contributed by atoms with Crippen molar-refractivity contribution >= 4 is 17.5 Å². The van der Waals surface area contributed by atoms with Crippen molar-refractivity contribution in [2.45, 2.75) is 33.1 Å². The van der Waals surface area contributed by atoms with Crippen molar-refractivity contribution in [3.05, 3.63) is 29.8 Å². The second-order valence-corrected chi connectivity index (χ2v) is 6.22. The number of carbonyl (C=O) groups is 2. The summed E-state index contributed by atoms with van der Waals surface area (Å²) in [6, 6.07) is 7.97. The van der Waals surface area contributed by atoms with Crippen molar-refractivity contribution in [1.29, 1.82) is 0 Å². The lowest BCUT2D eigenvalue weighted by atomic mass is 10.0. The van der Waals surface area contributed by atoms with Crippen LogP contribution >= 0.6 is 0 Å². The maximum Gasteiger partial charge on any atom is 0.239 e.